The van der Waals surface area contributed by atoms with E-state index in [0.717, 1.165) is 0 Å². The third-order valence-corrected chi connectivity index (χ3v) is 3.82. The number of fused-ring (bicyclic) bond motifs is 1. The number of rotatable bonds is 3. The Labute approximate surface area is 123 Å². The zero-order chi connectivity index (χ0) is 14.8. The lowest BCUT2D eigenvalue weighted by Gasteiger charge is -2.09. The predicted molar refractivity (Wildman–Crippen MR) is 83.4 cm³/mol. The monoisotopic (exact) mass is 300 g/mol. The molecule has 1 aromatic carbocycles. The van der Waals surface area contributed by atoms with Crippen LogP contribution in [0.2, 0.25) is 0 Å². The number of para-hydroxylation sites is 2. The minimum Gasteiger partial charge on any atom is -0.397 e. The zero-order valence-electron chi connectivity index (χ0n) is 10.9. The summed E-state index contributed by atoms with van der Waals surface area (Å²) in [6.45, 7) is -0.105. The number of anilines is 2. The van der Waals surface area contributed by atoms with Crippen LogP contribution < -0.4 is 16.6 Å². The lowest BCUT2D eigenvalue weighted by atomic mass is 10.2. The van der Waals surface area contributed by atoms with Gasteiger partial charge in [0.15, 0.2) is 0 Å². The van der Waals surface area contributed by atoms with Gasteiger partial charge in [0.1, 0.15) is 11.4 Å². The van der Waals surface area contributed by atoms with E-state index < -0.39 is 0 Å². The third kappa shape index (κ3) is 2.63. The van der Waals surface area contributed by atoms with Gasteiger partial charge in [0.05, 0.1) is 23.1 Å². The molecule has 0 saturated carbocycles. The first kappa shape index (κ1) is 13.3. The van der Waals surface area contributed by atoms with E-state index in [1.807, 2.05) is 0 Å². The van der Waals surface area contributed by atoms with Crippen LogP contribution in [-0.4, -0.2) is 15.5 Å². The molecular weight excluding hydrogens is 288 g/mol. The molecule has 106 valence electrons. The van der Waals surface area contributed by atoms with E-state index in [0.29, 0.717) is 21.6 Å². The molecule has 0 spiro atoms. The van der Waals surface area contributed by atoms with Gasteiger partial charge in [-0.25, -0.2) is 4.98 Å². The van der Waals surface area contributed by atoms with Crippen LogP contribution in [0.25, 0.3) is 10.2 Å². The summed E-state index contributed by atoms with van der Waals surface area (Å²) in [4.78, 5) is 29.0. The van der Waals surface area contributed by atoms with Gasteiger partial charge in [-0.2, -0.15) is 0 Å². The fraction of sp³-hybridized carbons (Fsp3) is 0.0714. The Morgan fingerprint density at radius 1 is 1.33 bits per heavy atom. The normalized spacial score (nSPS) is 10.7. The summed E-state index contributed by atoms with van der Waals surface area (Å²) in [6, 6.07) is 8.66. The molecule has 0 bridgehead atoms. The van der Waals surface area contributed by atoms with Gasteiger partial charge in [0, 0.05) is 0 Å². The van der Waals surface area contributed by atoms with Crippen molar-refractivity contribution in [3.8, 4) is 0 Å². The number of benzene rings is 1. The minimum absolute atomic E-state index is 0.105. The number of hydrogen-bond acceptors (Lipinski definition) is 5. The molecule has 0 unspecified atom stereocenters. The molecule has 3 rings (SSSR count). The van der Waals surface area contributed by atoms with Gasteiger partial charge in [0.2, 0.25) is 5.91 Å². The molecule has 6 nitrogen and oxygen atoms in total. The van der Waals surface area contributed by atoms with Crippen molar-refractivity contribution in [3.05, 3.63) is 52.4 Å². The molecule has 7 heteroatoms. The highest BCUT2D eigenvalue weighted by molar-refractivity contribution is 7.16. The van der Waals surface area contributed by atoms with Crippen molar-refractivity contribution in [2.75, 3.05) is 11.1 Å². The van der Waals surface area contributed by atoms with Crippen LogP contribution in [0.1, 0.15) is 0 Å². The van der Waals surface area contributed by atoms with E-state index in [4.69, 9.17) is 5.73 Å². The second-order valence-electron chi connectivity index (χ2n) is 4.45. The largest absolute Gasteiger partial charge is 0.397 e. The molecular formula is C14H12N4O2S. The van der Waals surface area contributed by atoms with Gasteiger partial charge in [-0.1, -0.05) is 12.1 Å². The van der Waals surface area contributed by atoms with Crippen molar-refractivity contribution in [3.63, 3.8) is 0 Å². The molecule has 0 saturated heterocycles. The Morgan fingerprint density at radius 2 is 2.14 bits per heavy atom. The van der Waals surface area contributed by atoms with Gasteiger partial charge in [0.25, 0.3) is 5.56 Å². The maximum Gasteiger partial charge on any atom is 0.262 e. The SMILES string of the molecule is Nc1ccccc1NC(=O)Cn1cnc2sccc2c1=O. The van der Waals surface area contributed by atoms with Crippen LogP contribution in [0.3, 0.4) is 0 Å². The number of nitrogens with two attached hydrogens (primary N) is 1. The number of nitrogen functional groups attached to an aromatic ring is 1. The molecule has 21 heavy (non-hydrogen) atoms. The summed E-state index contributed by atoms with van der Waals surface area (Å²) in [5.41, 5.74) is 6.54. The van der Waals surface area contributed by atoms with Crippen molar-refractivity contribution < 1.29 is 4.79 Å². The fourth-order valence-electron chi connectivity index (χ4n) is 1.96. The summed E-state index contributed by atoms with van der Waals surface area (Å²) < 4.78 is 1.28. The maximum absolute atomic E-state index is 12.2. The Bertz CT molecular complexity index is 869. The predicted octanol–water partition coefficient (Wildman–Crippen LogP) is 1.68. The Balaban J connectivity index is 1.82. The third-order valence-electron chi connectivity index (χ3n) is 3.00. The zero-order valence-corrected chi connectivity index (χ0v) is 11.8. The summed E-state index contributed by atoms with van der Waals surface area (Å²) in [6.07, 6.45) is 1.38. The number of hydrogen-bond donors (Lipinski definition) is 2. The number of thiophene rings is 1. The summed E-state index contributed by atoms with van der Waals surface area (Å²) in [5.74, 6) is -0.327. The number of nitrogens with one attached hydrogen (secondary N) is 1. The van der Waals surface area contributed by atoms with Crippen molar-refractivity contribution in [2.24, 2.45) is 0 Å². The number of carbonyl (C=O) groups is 1. The highest BCUT2D eigenvalue weighted by atomic mass is 32.1. The highest BCUT2D eigenvalue weighted by Crippen LogP contribution is 2.16. The van der Waals surface area contributed by atoms with Crippen LogP contribution in [0, 0.1) is 0 Å². The highest BCUT2D eigenvalue weighted by Gasteiger charge is 2.09. The van der Waals surface area contributed by atoms with Gasteiger partial charge in [-0.15, -0.1) is 11.3 Å². The lowest BCUT2D eigenvalue weighted by Crippen LogP contribution is -2.27. The second kappa shape index (κ2) is 5.37. The molecule has 0 radical (unpaired) electrons. The van der Waals surface area contributed by atoms with Crippen molar-refractivity contribution in [1.82, 2.24) is 9.55 Å². The number of nitrogens with zero attached hydrogens (tertiary/aromatic N) is 2. The number of amides is 1. The van der Waals surface area contributed by atoms with Crippen LogP contribution in [0.5, 0.6) is 0 Å². The topological polar surface area (TPSA) is 90.0 Å². The Kier molecular flexibility index (Phi) is 3.41. The first-order valence-electron chi connectivity index (χ1n) is 6.22. The van der Waals surface area contributed by atoms with Crippen LogP contribution in [0.4, 0.5) is 11.4 Å². The molecule has 3 N–H and O–H groups in total. The van der Waals surface area contributed by atoms with Crippen LogP contribution >= 0.6 is 11.3 Å². The van der Waals surface area contributed by atoms with E-state index in [9.17, 15) is 9.59 Å². The molecule has 0 fully saturated rings. The quantitative estimate of drug-likeness (QED) is 0.720. The second-order valence-corrected chi connectivity index (χ2v) is 5.35. The smallest absolute Gasteiger partial charge is 0.262 e. The van der Waals surface area contributed by atoms with Gasteiger partial charge in [-0.05, 0) is 23.6 Å². The number of aromatic nitrogens is 2. The molecule has 2 aromatic heterocycles. The molecule has 1 amide bonds. The Hall–Kier alpha value is -2.67. The van der Waals surface area contributed by atoms with Crippen LogP contribution in [0.15, 0.2) is 46.8 Å². The van der Waals surface area contributed by atoms with Gasteiger partial charge < -0.3 is 11.1 Å². The van der Waals surface area contributed by atoms with E-state index in [1.165, 1.54) is 22.2 Å². The van der Waals surface area contributed by atoms with Crippen molar-refractivity contribution >= 4 is 38.8 Å². The molecule has 0 aliphatic heterocycles. The lowest BCUT2D eigenvalue weighted by molar-refractivity contribution is -0.116. The van der Waals surface area contributed by atoms with Crippen LogP contribution in [-0.2, 0) is 11.3 Å². The fourth-order valence-corrected chi connectivity index (χ4v) is 2.68. The van der Waals surface area contributed by atoms with E-state index in [2.05, 4.69) is 10.3 Å². The van der Waals surface area contributed by atoms with E-state index in [-0.39, 0.29) is 18.0 Å². The van der Waals surface area contributed by atoms with Gasteiger partial charge >= 0.3 is 0 Å². The molecule has 0 aliphatic carbocycles. The maximum atomic E-state index is 12.2. The van der Waals surface area contributed by atoms with Gasteiger partial charge in [-0.3, -0.25) is 14.2 Å². The summed E-state index contributed by atoms with van der Waals surface area (Å²) >= 11 is 1.39. The molecule has 3 aromatic rings. The average Bonchev–Trinajstić information content (AvgIpc) is 2.94. The molecule has 0 atom stereocenters. The van der Waals surface area contributed by atoms with E-state index >= 15 is 0 Å². The first-order chi connectivity index (χ1) is 10.1. The minimum atomic E-state index is -0.327. The summed E-state index contributed by atoms with van der Waals surface area (Å²) in [7, 11) is 0. The van der Waals surface area contributed by atoms with Crippen molar-refractivity contribution in [2.45, 2.75) is 6.54 Å². The number of carbonyl (C=O) groups excluding carboxylic acids is 1. The molecule has 2 heterocycles. The standard InChI is InChI=1S/C14H12N4O2S/c15-10-3-1-2-4-11(10)17-12(19)7-18-8-16-13-9(14(18)20)5-6-21-13/h1-6,8H,7,15H2,(H,17,19). The first-order valence-corrected chi connectivity index (χ1v) is 7.10. The van der Waals surface area contributed by atoms with E-state index in [1.54, 1.807) is 35.7 Å². The average molecular weight is 300 g/mol. The molecule has 0 aliphatic rings. The Morgan fingerprint density at radius 3 is 2.95 bits per heavy atom. The van der Waals surface area contributed by atoms with Crippen molar-refractivity contribution in [1.29, 1.82) is 0 Å². The summed E-state index contributed by atoms with van der Waals surface area (Å²) in [5, 5.41) is 5.00.